The number of aryl methyl sites for hydroxylation is 2. The number of nitrogens with zero attached hydrogens (tertiary/aromatic N) is 4. The zero-order valence-electron chi connectivity index (χ0n) is 13.5. The van der Waals surface area contributed by atoms with Crippen LogP contribution in [0, 0.1) is 12.8 Å². The highest BCUT2D eigenvalue weighted by molar-refractivity contribution is 9.10. The fourth-order valence-corrected chi connectivity index (χ4v) is 4.22. The smallest absolute Gasteiger partial charge is 0.0798 e. The maximum absolute atomic E-state index is 4.39. The molecule has 1 saturated heterocycles. The summed E-state index contributed by atoms with van der Waals surface area (Å²) in [4.78, 5) is 8.28. The van der Waals surface area contributed by atoms with Gasteiger partial charge in [-0.2, -0.15) is 5.10 Å². The first kappa shape index (κ1) is 18.9. The van der Waals surface area contributed by atoms with Crippen molar-refractivity contribution in [3.63, 3.8) is 0 Å². The third-order valence-electron chi connectivity index (χ3n) is 4.27. The minimum atomic E-state index is 0. The second-order valence-electron chi connectivity index (χ2n) is 5.95. The molecule has 23 heavy (non-hydrogen) atoms. The molecule has 0 saturated carbocycles. The van der Waals surface area contributed by atoms with E-state index in [1.165, 1.54) is 17.0 Å². The van der Waals surface area contributed by atoms with Crippen LogP contribution in [0.15, 0.2) is 16.2 Å². The molecule has 1 N–H and O–H groups in total. The summed E-state index contributed by atoms with van der Waals surface area (Å²) in [5.41, 5.74) is 4.33. The van der Waals surface area contributed by atoms with E-state index in [1.807, 2.05) is 23.4 Å². The van der Waals surface area contributed by atoms with Crippen LogP contribution in [-0.2, 0) is 20.1 Å². The van der Waals surface area contributed by atoms with E-state index in [0.717, 1.165) is 48.8 Å². The van der Waals surface area contributed by atoms with Gasteiger partial charge < -0.3 is 5.32 Å². The first-order chi connectivity index (χ1) is 10.6. The van der Waals surface area contributed by atoms with Crippen LogP contribution in [0.3, 0.4) is 0 Å². The van der Waals surface area contributed by atoms with Gasteiger partial charge >= 0.3 is 0 Å². The van der Waals surface area contributed by atoms with Crippen LogP contribution in [-0.4, -0.2) is 39.3 Å². The summed E-state index contributed by atoms with van der Waals surface area (Å²) in [6.07, 6.45) is 3.15. The fraction of sp³-hybridized carbons (Fsp3) is 0.600. The largest absolute Gasteiger partial charge is 0.316 e. The maximum atomic E-state index is 4.39. The summed E-state index contributed by atoms with van der Waals surface area (Å²) in [5.74, 6) is 0.736. The van der Waals surface area contributed by atoms with Crippen LogP contribution in [0.1, 0.15) is 22.7 Å². The summed E-state index contributed by atoms with van der Waals surface area (Å²) < 4.78 is 3.05. The molecule has 1 atom stereocenters. The molecule has 1 aliphatic rings. The van der Waals surface area contributed by atoms with Gasteiger partial charge in [0.1, 0.15) is 0 Å². The van der Waals surface area contributed by atoms with Crippen molar-refractivity contribution in [2.45, 2.75) is 26.4 Å². The second-order valence-corrected chi connectivity index (χ2v) is 7.75. The van der Waals surface area contributed by atoms with Crippen LogP contribution < -0.4 is 5.32 Å². The Bertz CT molecular complexity index is 604. The number of thiazole rings is 1. The zero-order chi connectivity index (χ0) is 15.5. The maximum Gasteiger partial charge on any atom is 0.0798 e. The van der Waals surface area contributed by atoms with Gasteiger partial charge in [0, 0.05) is 31.6 Å². The van der Waals surface area contributed by atoms with E-state index >= 15 is 0 Å². The molecule has 0 spiro atoms. The Morgan fingerprint density at radius 1 is 1.48 bits per heavy atom. The molecule has 0 radical (unpaired) electrons. The fourth-order valence-electron chi connectivity index (χ4n) is 2.93. The lowest BCUT2D eigenvalue weighted by molar-refractivity contribution is 0.216. The number of halogens is 2. The van der Waals surface area contributed by atoms with Crippen molar-refractivity contribution in [2.75, 3.05) is 19.6 Å². The van der Waals surface area contributed by atoms with Gasteiger partial charge in [0.15, 0.2) is 0 Å². The highest BCUT2D eigenvalue weighted by Gasteiger charge is 2.21. The van der Waals surface area contributed by atoms with Gasteiger partial charge in [-0.15, -0.1) is 23.7 Å². The Morgan fingerprint density at radius 2 is 2.30 bits per heavy atom. The Balaban J connectivity index is 0.00000192. The SMILES string of the molecule is Cc1ncsc1CN(Cc1c(Br)cnn1C)CC1CCNC1.Cl. The molecule has 1 aliphatic heterocycles. The highest BCUT2D eigenvalue weighted by atomic mass is 79.9. The van der Waals surface area contributed by atoms with Gasteiger partial charge in [-0.3, -0.25) is 9.58 Å². The lowest BCUT2D eigenvalue weighted by Gasteiger charge is -2.25. The Morgan fingerprint density at radius 3 is 2.87 bits per heavy atom. The molecule has 5 nitrogen and oxygen atoms in total. The van der Waals surface area contributed by atoms with Crippen LogP contribution in [0.4, 0.5) is 0 Å². The monoisotopic (exact) mass is 419 g/mol. The lowest BCUT2D eigenvalue weighted by atomic mass is 10.1. The van der Waals surface area contributed by atoms with Crippen molar-refractivity contribution in [2.24, 2.45) is 13.0 Å². The van der Waals surface area contributed by atoms with Gasteiger partial charge in [-0.1, -0.05) is 0 Å². The second kappa shape index (κ2) is 8.58. The van der Waals surface area contributed by atoms with Crippen molar-refractivity contribution in [1.29, 1.82) is 0 Å². The number of hydrogen-bond acceptors (Lipinski definition) is 5. The van der Waals surface area contributed by atoms with E-state index in [4.69, 9.17) is 0 Å². The average Bonchev–Trinajstić information content (AvgIpc) is 3.20. The van der Waals surface area contributed by atoms with Gasteiger partial charge in [0.2, 0.25) is 0 Å². The minimum Gasteiger partial charge on any atom is -0.316 e. The molecule has 3 rings (SSSR count). The third-order valence-corrected chi connectivity index (χ3v) is 5.86. The first-order valence-corrected chi connectivity index (χ1v) is 9.29. The summed E-state index contributed by atoms with van der Waals surface area (Å²) in [6, 6.07) is 0. The van der Waals surface area contributed by atoms with Crippen molar-refractivity contribution in [3.8, 4) is 0 Å². The van der Waals surface area contributed by atoms with Gasteiger partial charge in [0.05, 0.1) is 27.6 Å². The molecular weight excluding hydrogens is 398 g/mol. The summed E-state index contributed by atoms with van der Waals surface area (Å²) in [6.45, 7) is 7.36. The van der Waals surface area contributed by atoms with Crippen molar-refractivity contribution in [3.05, 3.63) is 32.4 Å². The highest BCUT2D eigenvalue weighted by Crippen LogP contribution is 2.22. The van der Waals surface area contributed by atoms with Crippen molar-refractivity contribution < 1.29 is 0 Å². The predicted molar refractivity (Wildman–Crippen MR) is 100 cm³/mol. The Hall–Kier alpha value is -0.470. The van der Waals surface area contributed by atoms with Gasteiger partial charge in [0.25, 0.3) is 0 Å². The van der Waals surface area contributed by atoms with Crippen molar-refractivity contribution >= 4 is 39.7 Å². The molecule has 2 aromatic rings. The molecule has 8 heteroatoms. The molecule has 0 aliphatic carbocycles. The molecule has 0 aromatic carbocycles. The van der Waals surface area contributed by atoms with Crippen LogP contribution in [0.2, 0.25) is 0 Å². The summed E-state index contributed by atoms with van der Waals surface area (Å²) in [5, 5.41) is 7.80. The molecule has 128 valence electrons. The van der Waals surface area contributed by atoms with E-state index in [9.17, 15) is 0 Å². The standard InChI is InChI=1S/C15H22BrN5S.ClH/c1-11-15(22-10-18-11)9-21(7-12-3-4-17-5-12)8-14-13(16)6-19-20(14)2;/h6,10,12,17H,3-5,7-9H2,1-2H3;1H. The molecule has 0 amide bonds. The molecule has 1 unspecified atom stereocenters. The lowest BCUT2D eigenvalue weighted by Crippen LogP contribution is -2.30. The number of aromatic nitrogens is 3. The van der Waals surface area contributed by atoms with Crippen LogP contribution in [0.5, 0.6) is 0 Å². The average molecular weight is 421 g/mol. The Kier molecular flexibility index (Phi) is 7.03. The van der Waals surface area contributed by atoms with E-state index < -0.39 is 0 Å². The van der Waals surface area contributed by atoms with E-state index in [0.29, 0.717) is 0 Å². The molecule has 2 aromatic heterocycles. The van der Waals surface area contributed by atoms with Crippen LogP contribution in [0.25, 0.3) is 0 Å². The zero-order valence-corrected chi connectivity index (χ0v) is 16.7. The number of rotatable bonds is 6. The number of hydrogen-bond donors (Lipinski definition) is 1. The Labute approximate surface area is 156 Å². The van der Waals surface area contributed by atoms with Gasteiger partial charge in [-0.25, -0.2) is 4.98 Å². The van der Waals surface area contributed by atoms with Crippen LogP contribution >= 0.6 is 39.7 Å². The molecule has 3 heterocycles. The summed E-state index contributed by atoms with van der Waals surface area (Å²) in [7, 11) is 2.01. The molecular formula is C15H23BrClN5S. The number of nitrogens with one attached hydrogen (secondary N) is 1. The molecule has 1 fully saturated rings. The van der Waals surface area contributed by atoms with E-state index in [2.05, 4.69) is 43.2 Å². The van der Waals surface area contributed by atoms with E-state index in [1.54, 1.807) is 11.3 Å². The predicted octanol–water partition coefficient (Wildman–Crippen LogP) is 2.98. The first-order valence-electron chi connectivity index (χ1n) is 7.62. The minimum absolute atomic E-state index is 0. The van der Waals surface area contributed by atoms with E-state index in [-0.39, 0.29) is 12.4 Å². The summed E-state index contributed by atoms with van der Waals surface area (Å²) >= 11 is 5.37. The normalized spacial score (nSPS) is 17.7. The third kappa shape index (κ3) is 4.76. The van der Waals surface area contributed by atoms with Crippen molar-refractivity contribution in [1.82, 2.24) is 25.0 Å². The molecule has 0 bridgehead atoms. The quantitative estimate of drug-likeness (QED) is 0.780. The topological polar surface area (TPSA) is 46.0 Å². The van der Waals surface area contributed by atoms with Gasteiger partial charge in [-0.05, 0) is 48.3 Å².